The molecule has 1 aromatic rings. The maximum Gasteiger partial charge on any atom is 0.0931 e. The molecule has 1 N–H and O–H groups in total. The first-order valence-electron chi connectivity index (χ1n) is 5.26. The molecule has 1 aromatic heterocycles. The molecule has 1 aliphatic carbocycles. The molecule has 0 aliphatic heterocycles. The van der Waals surface area contributed by atoms with Gasteiger partial charge in [0.15, 0.2) is 0 Å². The molecular weight excluding hydrogens is 230 g/mol. The molecule has 15 heavy (non-hydrogen) atoms. The number of nitrogens with one attached hydrogen (secondary N) is 1. The first-order chi connectivity index (χ1) is 7.31. The zero-order chi connectivity index (χ0) is 10.7. The van der Waals surface area contributed by atoms with Crippen molar-refractivity contribution < 1.29 is 4.74 Å². The van der Waals surface area contributed by atoms with Gasteiger partial charge in [0, 0.05) is 18.5 Å². The number of halogens is 1. The van der Waals surface area contributed by atoms with E-state index in [9.17, 15) is 0 Å². The number of thiophene rings is 1. The van der Waals surface area contributed by atoms with Crippen LogP contribution in [0.1, 0.15) is 17.2 Å². The summed E-state index contributed by atoms with van der Waals surface area (Å²) >= 11 is 7.63. The highest BCUT2D eigenvalue weighted by Gasteiger charge is 2.38. The Hall–Kier alpha value is -0.0900. The lowest BCUT2D eigenvalue weighted by atomic mass is 10.2. The van der Waals surface area contributed by atoms with Gasteiger partial charge in [-0.15, -0.1) is 11.3 Å². The smallest absolute Gasteiger partial charge is 0.0931 e. The van der Waals surface area contributed by atoms with Crippen LogP contribution in [-0.2, 0) is 4.74 Å². The van der Waals surface area contributed by atoms with Crippen molar-refractivity contribution in [3.8, 4) is 0 Å². The van der Waals surface area contributed by atoms with Crippen LogP contribution < -0.4 is 5.32 Å². The van der Waals surface area contributed by atoms with Crippen LogP contribution in [0.4, 0.5) is 0 Å². The number of rotatable bonds is 6. The van der Waals surface area contributed by atoms with Crippen molar-refractivity contribution in [1.29, 1.82) is 0 Å². The fraction of sp³-hybridized carbons (Fsp3) is 0.636. The van der Waals surface area contributed by atoms with Crippen molar-refractivity contribution in [2.45, 2.75) is 12.3 Å². The van der Waals surface area contributed by atoms with Crippen molar-refractivity contribution in [3.05, 3.63) is 21.3 Å². The summed E-state index contributed by atoms with van der Waals surface area (Å²) < 4.78 is 5.89. The van der Waals surface area contributed by atoms with Gasteiger partial charge in [0.2, 0.25) is 0 Å². The Morgan fingerprint density at radius 1 is 1.60 bits per heavy atom. The predicted octanol–water partition coefficient (Wildman–Crippen LogP) is 2.74. The van der Waals surface area contributed by atoms with Crippen LogP contribution in [0.25, 0.3) is 0 Å². The summed E-state index contributed by atoms with van der Waals surface area (Å²) in [6, 6.07) is 4.15. The summed E-state index contributed by atoms with van der Waals surface area (Å²) in [6.07, 6.45) is 1.30. The molecule has 1 fully saturated rings. The lowest BCUT2D eigenvalue weighted by molar-refractivity contribution is 0.199. The quantitative estimate of drug-likeness (QED) is 0.779. The maximum atomic E-state index is 5.91. The van der Waals surface area contributed by atoms with Crippen LogP contribution in [0.3, 0.4) is 0 Å². The number of methoxy groups -OCH3 is 1. The second-order valence-corrected chi connectivity index (χ2v) is 5.69. The largest absolute Gasteiger partial charge is 0.383 e. The van der Waals surface area contributed by atoms with Crippen LogP contribution in [-0.4, -0.2) is 26.8 Å². The van der Waals surface area contributed by atoms with Crippen LogP contribution in [0.5, 0.6) is 0 Å². The molecule has 84 valence electrons. The van der Waals surface area contributed by atoms with Crippen molar-refractivity contribution in [3.63, 3.8) is 0 Å². The molecule has 1 saturated carbocycles. The van der Waals surface area contributed by atoms with Crippen molar-refractivity contribution in [2.75, 3.05) is 26.8 Å². The molecule has 2 rings (SSSR count). The van der Waals surface area contributed by atoms with Crippen LogP contribution in [0, 0.1) is 5.92 Å². The highest BCUT2D eigenvalue weighted by molar-refractivity contribution is 7.16. The first kappa shape index (κ1) is 11.4. The third-order valence-electron chi connectivity index (χ3n) is 2.77. The van der Waals surface area contributed by atoms with Crippen LogP contribution >= 0.6 is 22.9 Å². The van der Waals surface area contributed by atoms with Gasteiger partial charge >= 0.3 is 0 Å². The van der Waals surface area contributed by atoms with Gasteiger partial charge in [0.05, 0.1) is 10.9 Å². The summed E-state index contributed by atoms with van der Waals surface area (Å²) in [7, 11) is 1.73. The van der Waals surface area contributed by atoms with E-state index in [4.69, 9.17) is 16.3 Å². The van der Waals surface area contributed by atoms with E-state index >= 15 is 0 Å². The lowest BCUT2D eigenvalue weighted by Gasteiger charge is -2.02. The molecule has 4 heteroatoms. The molecule has 0 radical (unpaired) electrons. The Morgan fingerprint density at radius 2 is 2.47 bits per heavy atom. The van der Waals surface area contributed by atoms with Crippen molar-refractivity contribution in [2.24, 2.45) is 5.92 Å². The van der Waals surface area contributed by atoms with Crippen molar-refractivity contribution >= 4 is 22.9 Å². The van der Waals surface area contributed by atoms with E-state index in [0.717, 1.165) is 35.9 Å². The molecule has 0 spiro atoms. The van der Waals surface area contributed by atoms with Gasteiger partial charge in [0.25, 0.3) is 0 Å². The van der Waals surface area contributed by atoms with Gasteiger partial charge in [-0.1, -0.05) is 11.6 Å². The third kappa shape index (κ3) is 3.18. The molecule has 0 saturated heterocycles. The standard InChI is InChI=1S/C11H16ClNOS/c1-14-5-4-13-7-8-6-9(8)10-2-3-11(12)15-10/h2-3,8-9,13H,4-7H2,1H3. The summed E-state index contributed by atoms with van der Waals surface area (Å²) in [5.74, 6) is 1.55. The van der Waals surface area contributed by atoms with Crippen molar-refractivity contribution in [1.82, 2.24) is 5.32 Å². The Morgan fingerprint density at radius 3 is 3.13 bits per heavy atom. The number of hydrogen-bond donors (Lipinski definition) is 1. The van der Waals surface area contributed by atoms with Gasteiger partial charge in [0.1, 0.15) is 0 Å². The lowest BCUT2D eigenvalue weighted by Crippen LogP contribution is -2.21. The number of hydrogen-bond acceptors (Lipinski definition) is 3. The average Bonchev–Trinajstić information content (AvgIpc) is 2.88. The highest BCUT2D eigenvalue weighted by atomic mass is 35.5. The zero-order valence-electron chi connectivity index (χ0n) is 8.83. The second-order valence-electron chi connectivity index (χ2n) is 3.94. The summed E-state index contributed by atoms with van der Waals surface area (Å²) in [5, 5.41) is 3.40. The van der Waals surface area contributed by atoms with Gasteiger partial charge in [-0.25, -0.2) is 0 Å². The Balaban J connectivity index is 1.68. The van der Waals surface area contributed by atoms with E-state index in [1.54, 1.807) is 18.4 Å². The van der Waals surface area contributed by atoms with Gasteiger partial charge in [-0.2, -0.15) is 0 Å². The van der Waals surface area contributed by atoms with E-state index in [-0.39, 0.29) is 0 Å². The normalized spacial score (nSPS) is 24.4. The highest BCUT2D eigenvalue weighted by Crippen LogP contribution is 2.49. The third-order valence-corrected chi connectivity index (χ3v) is 4.13. The average molecular weight is 246 g/mol. The van der Waals surface area contributed by atoms with E-state index in [1.807, 2.05) is 6.07 Å². The first-order valence-corrected chi connectivity index (χ1v) is 6.45. The molecule has 0 aromatic carbocycles. The minimum Gasteiger partial charge on any atom is -0.383 e. The summed E-state index contributed by atoms with van der Waals surface area (Å²) in [5.41, 5.74) is 0. The van der Waals surface area contributed by atoms with E-state index in [1.165, 1.54) is 11.3 Å². The molecule has 1 heterocycles. The fourth-order valence-electron chi connectivity index (χ4n) is 1.81. The SMILES string of the molecule is COCCNCC1CC1c1ccc(Cl)s1. The molecule has 0 amide bonds. The van der Waals surface area contributed by atoms with Gasteiger partial charge < -0.3 is 10.1 Å². The molecule has 0 bridgehead atoms. The summed E-state index contributed by atoms with van der Waals surface area (Å²) in [4.78, 5) is 1.44. The second kappa shape index (κ2) is 5.30. The summed E-state index contributed by atoms with van der Waals surface area (Å²) in [6.45, 7) is 2.84. The molecule has 2 atom stereocenters. The van der Waals surface area contributed by atoms with E-state index in [2.05, 4.69) is 11.4 Å². The van der Waals surface area contributed by atoms with Crippen LogP contribution in [0.15, 0.2) is 12.1 Å². The molecule has 2 nitrogen and oxygen atoms in total. The fourth-order valence-corrected chi connectivity index (χ4v) is 3.08. The zero-order valence-corrected chi connectivity index (χ0v) is 10.4. The Kier molecular flexibility index (Phi) is 4.03. The topological polar surface area (TPSA) is 21.3 Å². The monoisotopic (exact) mass is 245 g/mol. The Labute approximate surface area is 99.6 Å². The van der Waals surface area contributed by atoms with Gasteiger partial charge in [-0.3, -0.25) is 0 Å². The van der Waals surface area contributed by atoms with E-state index < -0.39 is 0 Å². The maximum absolute atomic E-state index is 5.91. The minimum atomic E-state index is 0.748. The van der Waals surface area contributed by atoms with Crippen LogP contribution in [0.2, 0.25) is 4.34 Å². The van der Waals surface area contributed by atoms with E-state index in [0.29, 0.717) is 0 Å². The number of ether oxygens (including phenoxy) is 1. The molecule has 2 unspecified atom stereocenters. The molecule has 1 aliphatic rings. The van der Waals surface area contributed by atoms with Gasteiger partial charge in [-0.05, 0) is 36.9 Å². The minimum absolute atomic E-state index is 0.748. The molecular formula is C11H16ClNOS. The predicted molar refractivity (Wildman–Crippen MR) is 64.9 cm³/mol. The Bertz CT molecular complexity index is 315.